The molecule has 0 atom stereocenters. The maximum Gasteiger partial charge on any atom is 0.270 e. The number of rotatable bonds is 3. The van der Waals surface area contributed by atoms with Crippen LogP contribution in [-0.4, -0.2) is 10.8 Å². The van der Waals surface area contributed by atoms with E-state index >= 15 is 0 Å². The number of halogens is 2. The van der Waals surface area contributed by atoms with Crippen LogP contribution in [0.3, 0.4) is 0 Å². The Morgan fingerprint density at radius 1 is 1.19 bits per heavy atom. The van der Waals surface area contributed by atoms with Crippen LogP contribution in [0, 0.1) is 28.7 Å². The number of carbonyl (C=O) groups excluding carboxylic acids is 1. The van der Waals surface area contributed by atoms with Crippen molar-refractivity contribution in [2.24, 2.45) is 0 Å². The monoisotopic (exact) mass is 292 g/mol. The van der Waals surface area contributed by atoms with E-state index in [1.807, 2.05) is 0 Å². The maximum atomic E-state index is 13.6. The number of amides is 1. The number of anilines is 1. The van der Waals surface area contributed by atoms with Gasteiger partial charge < -0.3 is 5.32 Å². The summed E-state index contributed by atoms with van der Waals surface area (Å²) in [6.45, 7) is 1.45. The lowest BCUT2D eigenvalue weighted by Gasteiger charge is -2.09. The maximum absolute atomic E-state index is 13.6. The molecule has 0 unspecified atom stereocenters. The first-order valence-corrected chi connectivity index (χ1v) is 5.90. The minimum Gasteiger partial charge on any atom is -0.322 e. The van der Waals surface area contributed by atoms with E-state index in [-0.39, 0.29) is 11.3 Å². The van der Waals surface area contributed by atoms with Crippen LogP contribution in [0.1, 0.15) is 15.9 Å². The number of nitrogens with one attached hydrogen (secondary N) is 1. The van der Waals surface area contributed by atoms with Gasteiger partial charge in [-0.1, -0.05) is 6.07 Å². The largest absolute Gasteiger partial charge is 0.322 e. The van der Waals surface area contributed by atoms with Gasteiger partial charge in [-0.15, -0.1) is 0 Å². The van der Waals surface area contributed by atoms with E-state index < -0.39 is 33.7 Å². The second kappa shape index (κ2) is 5.66. The molecule has 0 radical (unpaired) electrons. The number of nitro groups is 1. The highest BCUT2D eigenvalue weighted by atomic mass is 19.1. The molecule has 1 amide bonds. The van der Waals surface area contributed by atoms with Crippen molar-refractivity contribution in [2.75, 3.05) is 5.32 Å². The molecule has 0 fully saturated rings. The first-order chi connectivity index (χ1) is 9.90. The minimum atomic E-state index is -0.896. The van der Waals surface area contributed by atoms with Gasteiger partial charge in [-0.05, 0) is 25.1 Å². The van der Waals surface area contributed by atoms with Crippen LogP contribution >= 0.6 is 0 Å². The quantitative estimate of drug-likeness (QED) is 0.695. The fraction of sp³-hybridized carbons (Fsp3) is 0.0714. The van der Waals surface area contributed by atoms with Crippen LogP contribution in [0.25, 0.3) is 0 Å². The van der Waals surface area contributed by atoms with E-state index in [0.29, 0.717) is 0 Å². The van der Waals surface area contributed by atoms with Crippen molar-refractivity contribution in [3.8, 4) is 0 Å². The number of nitro benzene ring substituents is 1. The van der Waals surface area contributed by atoms with E-state index in [9.17, 15) is 23.7 Å². The Labute approximate surface area is 118 Å². The lowest BCUT2D eigenvalue weighted by atomic mass is 10.1. The van der Waals surface area contributed by atoms with Crippen molar-refractivity contribution < 1.29 is 18.5 Å². The van der Waals surface area contributed by atoms with E-state index in [2.05, 4.69) is 5.32 Å². The lowest BCUT2D eigenvalue weighted by molar-refractivity contribution is -0.384. The molecular formula is C14H10F2N2O3. The molecule has 1 N–H and O–H groups in total. The van der Waals surface area contributed by atoms with Gasteiger partial charge in [-0.3, -0.25) is 14.9 Å². The third kappa shape index (κ3) is 3.02. The first kappa shape index (κ1) is 14.6. The summed E-state index contributed by atoms with van der Waals surface area (Å²) < 4.78 is 27.0. The van der Waals surface area contributed by atoms with E-state index in [1.165, 1.54) is 25.1 Å². The highest BCUT2D eigenvalue weighted by Gasteiger charge is 2.18. The second-order valence-corrected chi connectivity index (χ2v) is 4.29. The van der Waals surface area contributed by atoms with Crippen molar-refractivity contribution in [3.05, 3.63) is 69.3 Å². The molecule has 2 aromatic carbocycles. The standard InChI is InChI=1S/C14H10F2N2O3/c1-8-11(15)3-2-4-13(8)17-14(19)10-7-9(18(20)21)5-6-12(10)16/h2-7H,1H3,(H,17,19). The molecule has 0 saturated carbocycles. The topological polar surface area (TPSA) is 72.2 Å². The van der Waals surface area contributed by atoms with Gasteiger partial charge in [-0.25, -0.2) is 8.78 Å². The zero-order valence-corrected chi connectivity index (χ0v) is 10.9. The molecule has 0 aliphatic heterocycles. The van der Waals surface area contributed by atoms with Gasteiger partial charge in [-0.2, -0.15) is 0 Å². The average Bonchev–Trinajstić information content (AvgIpc) is 2.44. The molecule has 2 aromatic rings. The van der Waals surface area contributed by atoms with Crippen LogP contribution in [0.2, 0.25) is 0 Å². The van der Waals surface area contributed by atoms with E-state index in [1.54, 1.807) is 0 Å². The average molecular weight is 292 g/mol. The van der Waals surface area contributed by atoms with Crippen molar-refractivity contribution in [3.63, 3.8) is 0 Å². The molecular weight excluding hydrogens is 282 g/mol. The minimum absolute atomic E-state index is 0.172. The SMILES string of the molecule is Cc1c(F)cccc1NC(=O)c1cc([N+](=O)[O-])ccc1F. The second-order valence-electron chi connectivity index (χ2n) is 4.29. The molecule has 21 heavy (non-hydrogen) atoms. The molecule has 0 saturated heterocycles. The van der Waals surface area contributed by atoms with Gasteiger partial charge in [0, 0.05) is 23.4 Å². The van der Waals surface area contributed by atoms with Crippen molar-refractivity contribution in [1.82, 2.24) is 0 Å². The molecule has 2 rings (SSSR count). The Morgan fingerprint density at radius 3 is 2.57 bits per heavy atom. The molecule has 7 heteroatoms. The van der Waals surface area contributed by atoms with Crippen molar-refractivity contribution >= 4 is 17.3 Å². The van der Waals surface area contributed by atoms with Gasteiger partial charge in [0.15, 0.2) is 0 Å². The lowest BCUT2D eigenvalue weighted by Crippen LogP contribution is -2.15. The van der Waals surface area contributed by atoms with Crippen LogP contribution in [0.4, 0.5) is 20.2 Å². The molecule has 0 bridgehead atoms. The fourth-order valence-corrected chi connectivity index (χ4v) is 1.73. The fourth-order valence-electron chi connectivity index (χ4n) is 1.73. The number of hydrogen-bond acceptors (Lipinski definition) is 3. The van der Waals surface area contributed by atoms with Crippen LogP contribution < -0.4 is 5.32 Å². The highest BCUT2D eigenvalue weighted by molar-refractivity contribution is 6.05. The Hall–Kier alpha value is -2.83. The van der Waals surface area contributed by atoms with Gasteiger partial charge >= 0.3 is 0 Å². The van der Waals surface area contributed by atoms with Crippen molar-refractivity contribution in [2.45, 2.75) is 6.92 Å². The van der Waals surface area contributed by atoms with Gasteiger partial charge in [0.1, 0.15) is 11.6 Å². The summed E-state index contributed by atoms with van der Waals surface area (Å²) in [5, 5.41) is 13.0. The van der Waals surface area contributed by atoms with Gasteiger partial charge in [0.2, 0.25) is 0 Å². The summed E-state index contributed by atoms with van der Waals surface area (Å²) in [4.78, 5) is 21.9. The molecule has 0 aromatic heterocycles. The molecule has 0 heterocycles. The number of benzene rings is 2. The number of carbonyl (C=O) groups is 1. The molecule has 0 spiro atoms. The van der Waals surface area contributed by atoms with E-state index in [4.69, 9.17) is 0 Å². The summed E-state index contributed by atoms with van der Waals surface area (Å²) in [5.74, 6) is -2.30. The number of nitrogens with zero attached hydrogens (tertiary/aromatic N) is 1. The number of hydrogen-bond donors (Lipinski definition) is 1. The third-order valence-corrected chi connectivity index (χ3v) is 2.92. The predicted molar refractivity (Wildman–Crippen MR) is 72.1 cm³/mol. The Bertz CT molecular complexity index is 732. The molecule has 108 valence electrons. The van der Waals surface area contributed by atoms with Crippen LogP contribution in [0.15, 0.2) is 36.4 Å². The zero-order valence-electron chi connectivity index (χ0n) is 10.9. The predicted octanol–water partition coefficient (Wildman–Crippen LogP) is 3.43. The normalized spacial score (nSPS) is 10.2. The zero-order chi connectivity index (χ0) is 15.6. The Kier molecular flexibility index (Phi) is 3.93. The summed E-state index contributed by atoms with van der Waals surface area (Å²) in [6, 6.07) is 6.69. The highest BCUT2D eigenvalue weighted by Crippen LogP contribution is 2.21. The van der Waals surface area contributed by atoms with Crippen molar-refractivity contribution in [1.29, 1.82) is 0 Å². The van der Waals surface area contributed by atoms with Gasteiger partial charge in [0.25, 0.3) is 11.6 Å². The van der Waals surface area contributed by atoms with Crippen LogP contribution in [-0.2, 0) is 0 Å². The molecule has 0 aliphatic carbocycles. The first-order valence-electron chi connectivity index (χ1n) is 5.90. The van der Waals surface area contributed by atoms with E-state index in [0.717, 1.165) is 18.2 Å². The van der Waals surface area contributed by atoms with Crippen LogP contribution in [0.5, 0.6) is 0 Å². The summed E-state index contributed by atoms with van der Waals surface area (Å²) in [5.41, 5.74) is -0.520. The smallest absolute Gasteiger partial charge is 0.270 e. The Balaban J connectivity index is 2.34. The summed E-state index contributed by atoms with van der Waals surface area (Å²) in [7, 11) is 0. The Morgan fingerprint density at radius 2 is 1.90 bits per heavy atom. The summed E-state index contributed by atoms with van der Waals surface area (Å²) >= 11 is 0. The molecule has 0 aliphatic rings. The summed E-state index contributed by atoms with van der Waals surface area (Å²) in [6.07, 6.45) is 0. The van der Waals surface area contributed by atoms with Gasteiger partial charge in [0.05, 0.1) is 10.5 Å². The molecule has 5 nitrogen and oxygen atoms in total. The third-order valence-electron chi connectivity index (χ3n) is 2.92. The number of non-ortho nitro benzene ring substituents is 1.